The minimum atomic E-state index is -1.04. The summed E-state index contributed by atoms with van der Waals surface area (Å²) in [6.07, 6.45) is 2.45. The maximum Gasteiger partial charge on any atom is 0.330 e. The second kappa shape index (κ2) is 9.77. The van der Waals surface area contributed by atoms with Crippen LogP contribution < -0.4 is 15.4 Å². The summed E-state index contributed by atoms with van der Waals surface area (Å²) in [5.74, 6) is 0.822. The number of nitrogens with two attached hydrogens (primary N) is 1. The number of esters is 1. The minimum Gasteiger partial charge on any atom is -0.486 e. The Balaban J connectivity index is 1.33. The lowest BCUT2D eigenvalue weighted by molar-refractivity contribution is -0.155. The van der Waals surface area contributed by atoms with Crippen LogP contribution in [-0.2, 0) is 9.53 Å². The molecule has 1 aliphatic rings. The molecule has 12 heteroatoms. The van der Waals surface area contributed by atoms with Crippen LogP contribution in [0.25, 0.3) is 22.3 Å². The van der Waals surface area contributed by atoms with Crippen LogP contribution in [0.3, 0.4) is 0 Å². The number of benzene rings is 1. The molecule has 5 rings (SSSR count). The number of hydrogen-bond donors (Lipinski definition) is 2. The summed E-state index contributed by atoms with van der Waals surface area (Å²) in [7, 11) is 0. The number of nitrogens with zero attached hydrogens (tertiary/aromatic N) is 5. The van der Waals surface area contributed by atoms with Crippen molar-refractivity contribution in [1.29, 1.82) is 0 Å². The molecule has 192 valence electrons. The lowest BCUT2D eigenvalue weighted by Crippen LogP contribution is -2.72. The van der Waals surface area contributed by atoms with E-state index in [0.717, 1.165) is 10.9 Å². The molecule has 1 aliphatic heterocycles. The third-order valence-electron chi connectivity index (χ3n) is 6.06. The number of nitrogens with one attached hydrogen (secondary N) is 1. The van der Waals surface area contributed by atoms with Crippen molar-refractivity contribution in [3.05, 3.63) is 58.3 Å². The number of hydrogen-bond acceptors (Lipinski definition) is 9. The molecule has 0 bridgehead atoms. The first-order valence-corrected chi connectivity index (χ1v) is 12.4. The normalized spacial score (nSPS) is 15.5. The monoisotopic (exact) mass is 541 g/mol. The number of fused-ring (bicyclic) bond motifs is 1. The summed E-state index contributed by atoms with van der Waals surface area (Å²) >= 11 is 12.6. The highest BCUT2D eigenvalue weighted by Gasteiger charge is 2.48. The van der Waals surface area contributed by atoms with Gasteiger partial charge in [0.05, 0.1) is 34.8 Å². The van der Waals surface area contributed by atoms with Crippen molar-refractivity contribution in [1.82, 2.24) is 25.4 Å². The van der Waals surface area contributed by atoms with Gasteiger partial charge in [-0.1, -0.05) is 23.2 Å². The number of carbonyl (C=O) groups is 1. The molecule has 0 spiro atoms. The van der Waals surface area contributed by atoms with Crippen LogP contribution in [-0.4, -0.2) is 56.1 Å². The zero-order valence-electron chi connectivity index (χ0n) is 20.4. The molecular formula is C25H25Cl2N7O3. The Kier molecular flexibility index (Phi) is 6.65. The molecule has 4 heterocycles. The molecule has 1 saturated heterocycles. The summed E-state index contributed by atoms with van der Waals surface area (Å²) in [4.78, 5) is 18.1. The van der Waals surface area contributed by atoms with E-state index in [1.54, 1.807) is 13.8 Å². The Bertz CT molecular complexity index is 1430. The topological polar surface area (TPSA) is 132 Å². The van der Waals surface area contributed by atoms with Crippen molar-refractivity contribution in [2.24, 2.45) is 5.73 Å². The predicted octanol–water partition coefficient (Wildman–Crippen LogP) is 4.33. The molecule has 3 aromatic heterocycles. The summed E-state index contributed by atoms with van der Waals surface area (Å²) in [6, 6.07) is 9.25. The highest BCUT2D eigenvalue weighted by atomic mass is 35.5. The van der Waals surface area contributed by atoms with Gasteiger partial charge in [-0.15, -0.1) is 10.2 Å². The van der Waals surface area contributed by atoms with E-state index in [0.29, 0.717) is 51.7 Å². The Morgan fingerprint density at radius 2 is 1.84 bits per heavy atom. The van der Waals surface area contributed by atoms with Gasteiger partial charge in [0.1, 0.15) is 28.8 Å². The number of rotatable bonds is 7. The number of H-pyrrole nitrogens is 1. The quantitative estimate of drug-likeness (QED) is 0.328. The van der Waals surface area contributed by atoms with Crippen molar-refractivity contribution >= 4 is 45.9 Å². The molecular weight excluding hydrogens is 517 g/mol. The first-order chi connectivity index (χ1) is 17.6. The number of halogens is 2. The van der Waals surface area contributed by atoms with Crippen molar-refractivity contribution in [3.63, 3.8) is 0 Å². The maximum atomic E-state index is 12.2. The Morgan fingerprint density at radius 1 is 1.11 bits per heavy atom. The van der Waals surface area contributed by atoms with E-state index >= 15 is 0 Å². The van der Waals surface area contributed by atoms with Gasteiger partial charge in [0, 0.05) is 23.3 Å². The zero-order chi connectivity index (χ0) is 26.3. The van der Waals surface area contributed by atoms with Gasteiger partial charge in [0.25, 0.3) is 0 Å². The number of aromatic amines is 1. The van der Waals surface area contributed by atoms with Crippen LogP contribution in [0, 0.1) is 0 Å². The van der Waals surface area contributed by atoms with E-state index in [1.165, 1.54) is 12.4 Å². The van der Waals surface area contributed by atoms with Gasteiger partial charge in [0.2, 0.25) is 0 Å². The van der Waals surface area contributed by atoms with Gasteiger partial charge < -0.3 is 20.1 Å². The summed E-state index contributed by atoms with van der Waals surface area (Å²) in [5.41, 5.74) is 7.84. The molecule has 4 aromatic rings. The van der Waals surface area contributed by atoms with Crippen molar-refractivity contribution in [3.8, 4) is 17.1 Å². The van der Waals surface area contributed by atoms with Crippen LogP contribution >= 0.6 is 23.2 Å². The molecule has 0 unspecified atom stereocenters. The average Bonchev–Trinajstić information content (AvgIpc) is 3.25. The molecule has 0 aliphatic carbocycles. The molecule has 1 aromatic carbocycles. The maximum absolute atomic E-state index is 12.2. The van der Waals surface area contributed by atoms with Crippen LogP contribution in [0.1, 0.15) is 32.4 Å². The smallest absolute Gasteiger partial charge is 0.330 e. The number of pyridine rings is 1. The average molecular weight is 542 g/mol. The van der Waals surface area contributed by atoms with E-state index in [2.05, 4.69) is 25.4 Å². The Labute approximate surface area is 223 Å². The number of carbonyl (C=O) groups excluding carboxylic acids is 1. The van der Waals surface area contributed by atoms with E-state index in [1.807, 2.05) is 42.2 Å². The fourth-order valence-corrected chi connectivity index (χ4v) is 4.88. The third kappa shape index (κ3) is 4.92. The SMILES string of the molecule is CC(C)OC(=O)C1(N)CN(c2ccc(-c3n[nH]c4ccc(O[C@H](C)c5c(Cl)cncc5Cl)cc34)nn2)C1. The van der Waals surface area contributed by atoms with E-state index in [4.69, 9.17) is 38.4 Å². The van der Waals surface area contributed by atoms with Gasteiger partial charge in [-0.05, 0) is 51.1 Å². The first kappa shape index (κ1) is 25.2. The molecule has 1 atom stereocenters. The third-order valence-corrected chi connectivity index (χ3v) is 6.66. The van der Waals surface area contributed by atoms with Crippen LogP contribution in [0.5, 0.6) is 5.75 Å². The van der Waals surface area contributed by atoms with E-state index in [-0.39, 0.29) is 6.10 Å². The molecule has 0 saturated carbocycles. The standard InChI is InChI=1S/C25H25Cl2N7O3/c1-13(2)36-24(35)25(28)11-34(12-25)21-7-6-20(31-32-21)23-16-8-15(4-5-19(16)30-33-23)37-14(3)22-17(26)9-29-10-18(22)27/h4-10,13-14H,11-12,28H2,1-3H3,(H,30,33)/t14-/m1/s1. The lowest BCUT2D eigenvalue weighted by atomic mass is 9.91. The fourth-order valence-electron chi connectivity index (χ4n) is 4.21. The van der Waals surface area contributed by atoms with Gasteiger partial charge in [-0.25, -0.2) is 4.79 Å². The van der Waals surface area contributed by atoms with Gasteiger partial charge >= 0.3 is 5.97 Å². The second-order valence-electron chi connectivity index (χ2n) is 9.30. The minimum absolute atomic E-state index is 0.218. The molecule has 37 heavy (non-hydrogen) atoms. The number of ether oxygens (including phenoxy) is 2. The summed E-state index contributed by atoms with van der Waals surface area (Å²) in [6.45, 7) is 6.07. The highest BCUT2D eigenvalue weighted by Crippen LogP contribution is 2.35. The predicted molar refractivity (Wildman–Crippen MR) is 141 cm³/mol. The van der Waals surface area contributed by atoms with Gasteiger partial charge in [0.15, 0.2) is 5.82 Å². The van der Waals surface area contributed by atoms with Gasteiger partial charge in [-0.3, -0.25) is 10.1 Å². The summed E-state index contributed by atoms with van der Waals surface area (Å²) < 4.78 is 11.4. The van der Waals surface area contributed by atoms with Gasteiger partial charge in [-0.2, -0.15) is 5.10 Å². The number of anilines is 1. The van der Waals surface area contributed by atoms with Crippen LogP contribution in [0.2, 0.25) is 10.0 Å². The van der Waals surface area contributed by atoms with Crippen LogP contribution in [0.15, 0.2) is 42.7 Å². The van der Waals surface area contributed by atoms with Crippen molar-refractivity contribution in [2.75, 3.05) is 18.0 Å². The zero-order valence-corrected chi connectivity index (χ0v) is 21.9. The van der Waals surface area contributed by atoms with Crippen molar-refractivity contribution in [2.45, 2.75) is 38.5 Å². The Hall–Kier alpha value is -3.47. The molecule has 0 amide bonds. The van der Waals surface area contributed by atoms with Crippen molar-refractivity contribution < 1.29 is 14.3 Å². The highest BCUT2D eigenvalue weighted by molar-refractivity contribution is 6.35. The van der Waals surface area contributed by atoms with Crippen LogP contribution in [0.4, 0.5) is 5.82 Å². The molecule has 1 fully saturated rings. The fraction of sp³-hybridized carbons (Fsp3) is 0.320. The van der Waals surface area contributed by atoms with E-state index in [9.17, 15) is 4.79 Å². The first-order valence-electron chi connectivity index (χ1n) is 11.7. The number of aromatic nitrogens is 5. The molecule has 10 nitrogen and oxygen atoms in total. The Morgan fingerprint density at radius 3 is 2.49 bits per heavy atom. The second-order valence-corrected chi connectivity index (χ2v) is 10.1. The molecule has 3 N–H and O–H groups in total. The largest absolute Gasteiger partial charge is 0.486 e. The molecule has 0 radical (unpaired) electrons. The van der Waals surface area contributed by atoms with E-state index < -0.39 is 17.6 Å². The summed E-state index contributed by atoms with van der Waals surface area (Å²) in [5, 5.41) is 17.8. The lowest BCUT2D eigenvalue weighted by Gasteiger charge is -2.46.